The van der Waals surface area contributed by atoms with E-state index in [-0.39, 0.29) is 40.5 Å². The van der Waals surface area contributed by atoms with Gasteiger partial charge in [-0.25, -0.2) is 0 Å². The molecule has 3 fully saturated rings. The van der Waals surface area contributed by atoms with Gasteiger partial charge in [-0.05, 0) is 74.3 Å². The van der Waals surface area contributed by atoms with Gasteiger partial charge in [0.25, 0.3) is 0 Å². The Balaban J connectivity index is 1.40. The summed E-state index contributed by atoms with van der Waals surface area (Å²) in [6, 6.07) is 5.17. The molecule has 0 bridgehead atoms. The van der Waals surface area contributed by atoms with Crippen molar-refractivity contribution in [2.24, 2.45) is 28.6 Å². The van der Waals surface area contributed by atoms with Gasteiger partial charge < -0.3 is 10.2 Å². The summed E-state index contributed by atoms with van der Waals surface area (Å²) in [5, 5.41) is 24.3. The first-order valence-corrected chi connectivity index (χ1v) is 13.7. The second kappa shape index (κ2) is 8.48. The molecule has 0 saturated heterocycles. The average molecular weight is 522 g/mol. The average Bonchev–Trinajstić information content (AvgIpc) is 3.04. The molecule has 0 radical (unpaired) electrons. The lowest BCUT2D eigenvalue weighted by Crippen LogP contribution is -2.61. The molecule has 7 heteroatoms. The highest BCUT2D eigenvalue weighted by Crippen LogP contribution is 2.67. The van der Waals surface area contributed by atoms with Gasteiger partial charge in [0, 0.05) is 26.7 Å². The van der Waals surface area contributed by atoms with Crippen LogP contribution in [0.1, 0.15) is 46.0 Å². The van der Waals surface area contributed by atoms with Crippen molar-refractivity contribution in [1.29, 1.82) is 0 Å². The monoisotopic (exact) mass is 520 g/mol. The fraction of sp³-hybridized carbons (Fsp3) is 0.556. The number of ketones is 2. The Kier molecular flexibility index (Phi) is 6.13. The standard InChI is InChI=1S/C27H30Cl2O4S/c1-25-9-7-17(30)11-15(25)3-5-18-19-8-10-27(33,26(19,2)13-21(31)24(18)25)23(32)14-34-22-6-4-16(28)12-20(22)29/h4,6-7,9,11-12,18-19,21,24,31,33H,3,5,8,10,13-14H2,1-2H3/t18?,19?,21?,24?,25?,26?,27-/m0/s1. The highest BCUT2D eigenvalue weighted by atomic mass is 35.5. The van der Waals surface area contributed by atoms with E-state index in [4.69, 9.17) is 23.2 Å². The third-order valence-electron chi connectivity index (χ3n) is 9.36. The first-order chi connectivity index (χ1) is 16.0. The normalized spacial score (nSPS) is 40.9. The number of hydrogen-bond acceptors (Lipinski definition) is 5. The van der Waals surface area contributed by atoms with Crippen LogP contribution in [0.3, 0.4) is 0 Å². The molecule has 182 valence electrons. The molecule has 7 atom stereocenters. The lowest BCUT2D eigenvalue weighted by molar-refractivity contribution is -0.174. The van der Waals surface area contributed by atoms with Crippen LogP contribution in [-0.2, 0) is 9.59 Å². The van der Waals surface area contributed by atoms with Crippen LogP contribution in [0.2, 0.25) is 10.0 Å². The van der Waals surface area contributed by atoms with Crippen molar-refractivity contribution >= 4 is 46.5 Å². The van der Waals surface area contributed by atoms with Gasteiger partial charge in [0.1, 0.15) is 5.60 Å². The molecular weight excluding hydrogens is 491 g/mol. The number of fused-ring (bicyclic) bond motifs is 5. The van der Waals surface area contributed by atoms with Crippen LogP contribution in [0.25, 0.3) is 0 Å². The summed E-state index contributed by atoms with van der Waals surface area (Å²) >= 11 is 13.6. The second-order valence-electron chi connectivity index (χ2n) is 10.9. The van der Waals surface area contributed by atoms with Crippen LogP contribution in [0, 0.1) is 28.6 Å². The van der Waals surface area contributed by atoms with E-state index in [9.17, 15) is 19.8 Å². The maximum Gasteiger partial charge on any atom is 0.178 e. The Labute approximate surface area is 214 Å². The summed E-state index contributed by atoms with van der Waals surface area (Å²) < 4.78 is 0. The lowest BCUT2D eigenvalue weighted by Gasteiger charge is -2.59. The van der Waals surface area contributed by atoms with Crippen molar-refractivity contribution < 1.29 is 19.8 Å². The minimum Gasteiger partial charge on any atom is -0.393 e. The predicted molar refractivity (Wildman–Crippen MR) is 135 cm³/mol. The lowest BCUT2D eigenvalue weighted by atomic mass is 9.46. The number of allylic oxidation sites excluding steroid dienone is 4. The summed E-state index contributed by atoms with van der Waals surface area (Å²) in [5.41, 5.74) is -1.43. The van der Waals surface area contributed by atoms with E-state index < -0.39 is 17.1 Å². The second-order valence-corrected chi connectivity index (χ2v) is 12.8. The number of rotatable bonds is 4. The molecule has 6 unspecified atom stereocenters. The number of thioether (sulfide) groups is 1. The SMILES string of the molecule is CC12C=CC(=O)C=C1CCC1C2C(O)CC2(C)C1CC[C@]2(O)C(=O)CSc1ccc(Cl)cc1Cl. The summed E-state index contributed by atoms with van der Waals surface area (Å²) in [4.78, 5) is 26.2. The van der Waals surface area contributed by atoms with E-state index in [0.29, 0.717) is 22.9 Å². The summed E-state index contributed by atoms with van der Waals surface area (Å²) in [5.74, 6) is 0.233. The molecule has 4 aliphatic carbocycles. The number of benzene rings is 1. The van der Waals surface area contributed by atoms with Gasteiger partial charge >= 0.3 is 0 Å². The van der Waals surface area contributed by atoms with Gasteiger partial charge in [-0.3, -0.25) is 9.59 Å². The first kappa shape index (κ1) is 24.6. The van der Waals surface area contributed by atoms with E-state index in [1.807, 2.05) is 13.0 Å². The van der Waals surface area contributed by atoms with Crippen LogP contribution in [0.15, 0.2) is 46.9 Å². The Hall–Kier alpha value is -1.11. The molecule has 1 aromatic rings. The van der Waals surface area contributed by atoms with Crippen molar-refractivity contribution in [3.05, 3.63) is 52.0 Å². The smallest absolute Gasteiger partial charge is 0.178 e. The number of Topliss-reactive ketones (excluding diaryl/α,β-unsaturated/α-hetero) is 1. The van der Waals surface area contributed by atoms with Crippen LogP contribution in [-0.4, -0.2) is 39.2 Å². The Bertz CT molecular complexity index is 1120. The molecule has 4 aliphatic rings. The van der Waals surface area contributed by atoms with Crippen molar-refractivity contribution in [3.63, 3.8) is 0 Å². The number of aliphatic hydroxyl groups excluding tert-OH is 1. The van der Waals surface area contributed by atoms with Gasteiger partial charge in [-0.1, -0.05) is 48.7 Å². The fourth-order valence-corrected chi connectivity index (χ4v) is 9.10. The third kappa shape index (κ3) is 3.57. The van der Waals surface area contributed by atoms with Gasteiger partial charge in [-0.15, -0.1) is 11.8 Å². The van der Waals surface area contributed by atoms with Gasteiger partial charge in [0.2, 0.25) is 0 Å². The van der Waals surface area contributed by atoms with Gasteiger partial charge in [-0.2, -0.15) is 0 Å². The molecule has 2 N–H and O–H groups in total. The molecule has 0 spiro atoms. The first-order valence-electron chi connectivity index (χ1n) is 12.0. The molecular formula is C27H30Cl2O4S. The van der Waals surface area contributed by atoms with Crippen LogP contribution in [0.4, 0.5) is 0 Å². The minimum atomic E-state index is -1.48. The third-order valence-corrected chi connectivity index (χ3v) is 11.1. The van der Waals surface area contributed by atoms with E-state index >= 15 is 0 Å². The van der Waals surface area contributed by atoms with Gasteiger partial charge in [0.15, 0.2) is 11.6 Å². The van der Waals surface area contributed by atoms with Crippen molar-refractivity contribution in [2.75, 3.05) is 5.75 Å². The zero-order chi connectivity index (χ0) is 24.5. The number of halogens is 2. The molecule has 34 heavy (non-hydrogen) atoms. The number of carbonyl (C=O) groups is 2. The van der Waals surface area contributed by atoms with Crippen LogP contribution in [0.5, 0.6) is 0 Å². The zero-order valence-corrected chi connectivity index (χ0v) is 21.7. The summed E-state index contributed by atoms with van der Waals surface area (Å²) in [7, 11) is 0. The largest absolute Gasteiger partial charge is 0.393 e. The molecule has 3 saturated carbocycles. The maximum atomic E-state index is 13.5. The van der Waals surface area contributed by atoms with Crippen molar-refractivity contribution in [2.45, 2.75) is 62.6 Å². The highest BCUT2D eigenvalue weighted by molar-refractivity contribution is 8.00. The minimum absolute atomic E-state index is 0.0141. The Morgan fingerprint density at radius 1 is 1.24 bits per heavy atom. The molecule has 4 nitrogen and oxygen atoms in total. The number of hydrogen-bond donors (Lipinski definition) is 2. The maximum absolute atomic E-state index is 13.5. The van der Waals surface area contributed by atoms with Crippen LogP contribution < -0.4 is 0 Å². The topological polar surface area (TPSA) is 74.6 Å². The van der Waals surface area contributed by atoms with Gasteiger partial charge in [0.05, 0.1) is 16.9 Å². The molecule has 0 aromatic heterocycles. The molecule has 1 aromatic carbocycles. The summed E-state index contributed by atoms with van der Waals surface area (Å²) in [6.45, 7) is 4.12. The van der Waals surface area contributed by atoms with E-state index in [1.165, 1.54) is 11.8 Å². The fourth-order valence-electron chi connectivity index (χ4n) is 7.64. The molecule has 0 amide bonds. The van der Waals surface area contributed by atoms with E-state index in [1.54, 1.807) is 30.4 Å². The predicted octanol–water partition coefficient (Wildman–Crippen LogP) is 5.66. The molecule has 5 rings (SSSR count). The highest BCUT2D eigenvalue weighted by Gasteiger charge is 2.67. The van der Waals surface area contributed by atoms with Crippen molar-refractivity contribution in [1.82, 2.24) is 0 Å². The quantitative estimate of drug-likeness (QED) is 0.500. The zero-order valence-electron chi connectivity index (χ0n) is 19.4. The molecule has 0 aliphatic heterocycles. The van der Waals surface area contributed by atoms with Crippen molar-refractivity contribution in [3.8, 4) is 0 Å². The Morgan fingerprint density at radius 3 is 2.74 bits per heavy atom. The van der Waals surface area contributed by atoms with E-state index in [2.05, 4.69) is 6.92 Å². The number of aliphatic hydroxyl groups is 2. The van der Waals surface area contributed by atoms with Crippen LogP contribution >= 0.6 is 35.0 Å². The molecule has 0 heterocycles. The Morgan fingerprint density at radius 2 is 2.00 bits per heavy atom. The number of carbonyl (C=O) groups excluding carboxylic acids is 2. The summed E-state index contributed by atoms with van der Waals surface area (Å²) in [6.07, 6.45) is 7.90. The van der Waals surface area contributed by atoms with E-state index in [0.717, 1.165) is 29.7 Å².